The van der Waals surface area contributed by atoms with E-state index in [9.17, 15) is 0 Å². The van der Waals surface area contributed by atoms with Gasteiger partial charge in [-0.05, 0) is 45.7 Å². The van der Waals surface area contributed by atoms with Gasteiger partial charge in [0.2, 0.25) is 0 Å². The molecule has 0 atom stereocenters. The van der Waals surface area contributed by atoms with Gasteiger partial charge in [-0.15, -0.1) is 0 Å². The normalized spacial score (nSPS) is 21.2. The van der Waals surface area contributed by atoms with Crippen LogP contribution in [0.4, 0.5) is 0 Å². The predicted molar refractivity (Wildman–Crippen MR) is 55.9 cm³/mol. The summed E-state index contributed by atoms with van der Waals surface area (Å²) in [7, 11) is 0. The first-order valence-corrected chi connectivity index (χ1v) is 5.52. The fourth-order valence-electron chi connectivity index (χ4n) is 1.70. The van der Waals surface area contributed by atoms with Crippen molar-refractivity contribution in [1.29, 1.82) is 0 Å². The molecule has 2 nitrogen and oxygen atoms in total. The summed E-state index contributed by atoms with van der Waals surface area (Å²) in [4.78, 5) is 2.52. The first kappa shape index (κ1) is 11.0. The molecule has 0 N–H and O–H groups in total. The molecule has 78 valence electrons. The second-order valence-electron chi connectivity index (χ2n) is 4.44. The highest BCUT2D eigenvalue weighted by Crippen LogP contribution is 2.15. The van der Waals surface area contributed by atoms with Crippen LogP contribution in [0.1, 0.15) is 33.6 Å². The number of likely N-dealkylation sites (tertiary alicyclic amines) is 1. The number of hydrogen-bond donors (Lipinski definition) is 0. The molecule has 1 heterocycles. The lowest BCUT2D eigenvalue weighted by Gasteiger charge is -2.30. The largest absolute Gasteiger partial charge is 0.377 e. The van der Waals surface area contributed by atoms with Crippen molar-refractivity contribution >= 4 is 0 Å². The molecule has 0 aliphatic carbocycles. The van der Waals surface area contributed by atoms with Crippen molar-refractivity contribution < 1.29 is 4.74 Å². The smallest absolute Gasteiger partial charge is 0.0596 e. The van der Waals surface area contributed by atoms with Gasteiger partial charge in [0.1, 0.15) is 0 Å². The Bertz CT molecular complexity index is 128. The van der Waals surface area contributed by atoms with Crippen LogP contribution in [0.5, 0.6) is 0 Å². The van der Waals surface area contributed by atoms with Crippen molar-refractivity contribution in [2.24, 2.45) is 5.92 Å². The Morgan fingerprint density at radius 2 is 1.92 bits per heavy atom. The van der Waals surface area contributed by atoms with Crippen LogP contribution in [0.15, 0.2) is 0 Å². The Morgan fingerprint density at radius 1 is 1.31 bits per heavy atom. The van der Waals surface area contributed by atoms with Crippen molar-refractivity contribution in [3.8, 4) is 0 Å². The maximum atomic E-state index is 5.53. The maximum Gasteiger partial charge on any atom is 0.0596 e. The third-order valence-electron chi connectivity index (χ3n) is 2.73. The summed E-state index contributed by atoms with van der Waals surface area (Å²) in [6.45, 7) is 11.1. The fourth-order valence-corrected chi connectivity index (χ4v) is 1.70. The summed E-state index contributed by atoms with van der Waals surface area (Å²) in [6, 6.07) is 0. The van der Waals surface area contributed by atoms with Gasteiger partial charge in [0.05, 0.1) is 12.7 Å². The SMILES string of the molecule is CC1CCN(CCOC(C)C)CC1. The molecular weight excluding hydrogens is 162 g/mol. The van der Waals surface area contributed by atoms with E-state index in [0.717, 1.165) is 19.1 Å². The molecule has 0 spiro atoms. The summed E-state index contributed by atoms with van der Waals surface area (Å²) >= 11 is 0. The van der Waals surface area contributed by atoms with Crippen molar-refractivity contribution in [3.63, 3.8) is 0 Å². The molecule has 0 aromatic rings. The van der Waals surface area contributed by atoms with Crippen LogP contribution < -0.4 is 0 Å². The molecule has 1 saturated heterocycles. The lowest BCUT2D eigenvalue weighted by atomic mass is 9.99. The van der Waals surface area contributed by atoms with E-state index in [0.29, 0.717) is 6.10 Å². The Morgan fingerprint density at radius 3 is 2.46 bits per heavy atom. The monoisotopic (exact) mass is 185 g/mol. The van der Waals surface area contributed by atoms with Gasteiger partial charge in [-0.3, -0.25) is 0 Å². The van der Waals surface area contributed by atoms with Crippen LogP contribution in [-0.2, 0) is 4.74 Å². The van der Waals surface area contributed by atoms with Crippen LogP contribution >= 0.6 is 0 Å². The van der Waals surface area contributed by atoms with Crippen LogP contribution in [0.25, 0.3) is 0 Å². The van der Waals surface area contributed by atoms with Gasteiger partial charge in [-0.1, -0.05) is 6.92 Å². The molecule has 0 aromatic carbocycles. The Kier molecular flexibility index (Phi) is 4.74. The van der Waals surface area contributed by atoms with Crippen molar-refractivity contribution in [2.45, 2.75) is 39.7 Å². The lowest BCUT2D eigenvalue weighted by molar-refractivity contribution is 0.0516. The molecule has 0 amide bonds. The summed E-state index contributed by atoms with van der Waals surface area (Å²) in [5.41, 5.74) is 0. The van der Waals surface area contributed by atoms with Crippen LogP contribution in [0.2, 0.25) is 0 Å². The minimum absolute atomic E-state index is 0.378. The standard InChI is InChI=1S/C11H23NO/c1-10(2)13-9-8-12-6-4-11(3)5-7-12/h10-11H,4-9H2,1-3H3. The highest BCUT2D eigenvalue weighted by molar-refractivity contribution is 4.68. The topological polar surface area (TPSA) is 12.5 Å². The van der Waals surface area contributed by atoms with E-state index in [2.05, 4.69) is 25.7 Å². The Balaban J connectivity index is 2.02. The zero-order chi connectivity index (χ0) is 9.68. The summed E-state index contributed by atoms with van der Waals surface area (Å²) in [5.74, 6) is 0.933. The lowest BCUT2D eigenvalue weighted by Crippen LogP contribution is -2.35. The van der Waals surface area contributed by atoms with Gasteiger partial charge in [0, 0.05) is 6.54 Å². The minimum Gasteiger partial charge on any atom is -0.377 e. The van der Waals surface area contributed by atoms with E-state index < -0.39 is 0 Å². The van der Waals surface area contributed by atoms with Gasteiger partial charge in [-0.25, -0.2) is 0 Å². The van der Waals surface area contributed by atoms with E-state index >= 15 is 0 Å². The average Bonchev–Trinajstić information content (AvgIpc) is 2.08. The highest BCUT2D eigenvalue weighted by atomic mass is 16.5. The molecule has 0 bridgehead atoms. The van der Waals surface area contributed by atoms with E-state index in [-0.39, 0.29) is 0 Å². The number of ether oxygens (including phenoxy) is 1. The number of piperidine rings is 1. The molecule has 0 unspecified atom stereocenters. The number of rotatable bonds is 4. The van der Waals surface area contributed by atoms with E-state index in [1.54, 1.807) is 0 Å². The molecule has 0 saturated carbocycles. The zero-order valence-corrected chi connectivity index (χ0v) is 9.25. The average molecular weight is 185 g/mol. The second kappa shape index (κ2) is 5.61. The second-order valence-corrected chi connectivity index (χ2v) is 4.44. The minimum atomic E-state index is 0.378. The maximum absolute atomic E-state index is 5.53. The molecule has 0 radical (unpaired) electrons. The van der Waals surface area contributed by atoms with Gasteiger partial charge < -0.3 is 9.64 Å². The fraction of sp³-hybridized carbons (Fsp3) is 1.00. The molecular formula is C11H23NO. The predicted octanol–water partition coefficient (Wildman–Crippen LogP) is 2.14. The van der Waals surface area contributed by atoms with Crippen molar-refractivity contribution in [3.05, 3.63) is 0 Å². The summed E-state index contributed by atoms with van der Waals surface area (Å²) < 4.78 is 5.53. The quantitative estimate of drug-likeness (QED) is 0.665. The molecule has 1 fully saturated rings. The Labute approximate surface area is 82.3 Å². The van der Waals surface area contributed by atoms with Crippen molar-refractivity contribution in [1.82, 2.24) is 4.90 Å². The highest BCUT2D eigenvalue weighted by Gasteiger charge is 2.14. The molecule has 2 heteroatoms. The van der Waals surface area contributed by atoms with Gasteiger partial charge in [-0.2, -0.15) is 0 Å². The molecule has 1 rings (SSSR count). The van der Waals surface area contributed by atoms with Gasteiger partial charge >= 0.3 is 0 Å². The third-order valence-corrected chi connectivity index (χ3v) is 2.73. The van der Waals surface area contributed by atoms with Crippen LogP contribution in [0, 0.1) is 5.92 Å². The van der Waals surface area contributed by atoms with E-state index in [4.69, 9.17) is 4.74 Å². The van der Waals surface area contributed by atoms with E-state index in [1.807, 2.05) is 0 Å². The molecule has 13 heavy (non-hydrogen) atoms. The van der Waals surface area contributed by atoms with Gasteiger partial charge in [0.15, 0.2) is 0 Å². The number of nitrogens with zero attached hydrogens (tertiary/aromatic N) is 1. The summed E-state index contributed by atoms with van der Waals surface area (Å²) in [6.07, 6.45) is 3.10. The van der Waals surface area contributed by atoms with Crippen molar-refractivity contribution in [2.75, 3.05) is 26.2 Å². The zero-order valence-electron chi connectivity index (χ0n) is 9.25. The van der Waals surface area contributed by atoms with Crippen LogP contribution in [0.3, 0.4) is 0 Å². The molecule has 0 aromatic heterocycles. The first-order valence-electron chi connectivity index (χ1n) is 5.52. The van der Waals surface area contributed by atoms with E-state index in [1.165, 1.54) is 25.9 Å². The molecule has 1 aliphatic rings. The first-order chi connectivity index (χ1) is 6.18. The van der Waals surface area contributed by atoms with Gasteiger partial charge in [0.25, 0.3) is 0 Å². The number of hydrogen-bond acceptors (Lipinski definition) is 2. The molecule has 1 aliphatic heterocycles. The van der Waals surface area contributed by atoms with Crippen LogP contribution in [-0.4, -0.2) is 37.2 Å². The third kappa shape index (κ3) is 4.63. The summed E-state index contributed by atoms with van der Waals surface area (Å²) in [5, 5.41) is 0. The Hall–Kier alpha value is -0.0800.